The molecule has 0 saturated heterocycles. The Labute approximate surface area is 488 Å². The summed E-state index contributed by atoms with van der Waals surface area (Å²) in [6.07, 6.45) is 74.7. The summed E-state index contributed by atoms with van der Waals surface area (Å²) in [5.41, 5.74) is 22.0. The number of unbranched alkanes of at least 4 members (excludes halogenated alkanes) is 44. The van der Waals surface area contributed by atoms with E-state index in [9.17, 15) is 5.53 Å². The minimum atomic E-state index is 0. The van der Waals surface area contributed by atoms with Gasteiger partial charge in [-0.15, -0.1) is 0 Å². The smallest absolute Gasteiger partial charge is 0.215 e. The molecule has 0 amide bonds. The van der Waals surface area contributed by atoms with Crippen LogP contribution >= 0.6 is 0 Å². The van der Waals surface area contributed by atoms with Gasteiger partial charge in [-0.05, 0) is 86.8 Å². The van der Waals surface area contributed by atoms with E-state index in [1.165, 1.54) is 324 Å². The molecule has 0 N–H and O–H groups in total. The van der Waals surface area contributed by atoms with Crippen molar-refractivity contribution in [3.05, 3.63) is 99.6 Å². The average molecular weight is 1140 g/mol. The van der Waals surface area contributed by atoms with E-state index >= 15 is 0 Å². The number of hydrogen-bond donors (Lipinski definition) is 0. The molecule has 76 heavy (non-hydrogen) atoms. The first-order valence-corrected chi connectivity index (χ1v) is 34.0. The molecule has 0 saturated carbocycles. The first-order valence-electron chi connectivity index (χ1n) is 34.0. The molecular formula is C73H124N2Pd. The molecule has 0 aliphatic carbocycles. The zero-order chi connectivity index (χ0) is 53.3. The molecule has 0 aromatic heterocycles. The number of nitrogens with zero attached hydrogens (tertiary/aromatic N) is 2. The summed E-state index contributed by atoms with van der Waals surface area (Å²) in [7, 11) is 0. The number of allylic oxidation sites excluding steroid dienone is 4. The van der Waals surface area contributed by atoms with Crippen molar-refractivity contribution in [1.29, 1.82) is 0 Å². The van der Waals surface area contributed by atoms with Crippen molar-refractivity contribution >= 4 is 11.4 Å². The van der Waals surface area contributed by atoms with E-state index in [1.807, 2.05) is 0 Å². The maximum absolute atomic E-state index is 12.4. The van der Waals surface area contributed by atoms with Gasteiger partial charge >= 0.3 is 0 Å². The molecule has 0 bridgehead atoms. The molecule has 3 heteroatoms. The molecule has 1 heterocycles. The van der Waals surface area contributed by atoms with E-state index in [0.29, 0.717) is 0 Å². The van der Waals surface area contributed by atoms with Gasteiger partial charge in [0.15, 0.2) is 0 Å². The van der Waals surface area contributed by atoms with E-state index in [2.05, 4.69) is 88.4 Å². The average Bonchev–Trinajstić information content (AvgIpc) is 3.74. The summed E-state index contributed by atoms with van der Waals surface area (Å²) in [6, 6.07) is 18.4. The normalized spacial score (nSPS) is 12.8. The third-order valence-electron chi connectivity index (χ3n) is 16.9. The Morgan fingerprint density at radius 1 is 0.303 bits per heavy atom. The first-order chi connectivity index (χ1) is 37.1. The molecule has 2 aromatic carbocycles. The topological polar surface area (TPSA) is 25.3 Å². The van der Waals surface area contributed by atoms with Crippen LogP contribution in [0, 0.1) is 0 Å². The van der Waals surface area contributed by atoms with Crippen molar-refractivity contribution in [2.75, 3.05) is 0 Å². The Hall–Kier alpha value is -2.08. The predicted molar refractivity (Wildman–Crippen MR) is 336 cm³/mol. The second-order valence-electron chi connectivity index (χ2n) is 23.9. The maximum Gasteiger partial charge on any atom is 0.215 e. The van der Waals surface area contributed by atoms with Crippen LogP contribution in [0.15, 0.2) is 71.8 Å². The minimum Gasteiger partial charge on any atom is -0.493 e. The fraction of sp³-hybridized carbons (Fsp3) is 0.753. The van der Waals surface area contributed by atoms with E-state index in [-0.39, 0.29) is 20.4 Å². The van der Waals surface area contributed by atoms with Gasteiger partial charge in [-0.3, -0.25) is 0 Å². The molecule has 0 atom stereocenters. The predicted octanol–water partition coefficient (Wildman–Crippen LogP) is 25.7. The van der Waals surface area contributed by atoms with Gasteiger partial charge in [-0.2, -0.15) is 0 Å². The van der Waals surface area contributed by atoms with Crippen LogP contribution in [0.25, 0.3) is 16.9 Å². The molecule has 1 aliphatic rings. The quantitative estimate of drug-likeness (QED) is 0.0358. The Balaban J connectivity index is 0.0000198. The second kappa shape index (κ2) is 51.1. The van der Waals surface area contributed by atoms with Gasteiger partial charge < -0.3 is 5.53 Å². The zero-order valence-corrected chi connectivity index (χ0v) is 52.6. The van der Waals surface area contributed by atoms with E-state index in [0.717, 1.165) is 48.2 Å². The van der Waals surface area contributed by atoms with Gasteiger partial charge in [0.2, 0.25) is 11.4 Å². The summed E-state index contributed by atoms with van der Waals surface area (Å²) in [5.74, 6) is 0. The van der Waals surface area contributed by atoms with Crippen molar-refractivity contribution in [2.45, 2.75) is 355 Å². The van der Waals surface area contributed by atoms with Crippen LogP contribution in [-0.2, 0) is 33.3 Å². The fourth-order valence-electron chi connectivity index (χ4n) is 11.9. The molecule has 0 spiro atoms. The summed E-state index contributed by atoms with van der Waals surface area (Å²) in [6.45, 7) is 9.19. The van der Waals surface area contributed by atoms with Gasteiger partial charge in [0.25, 0.3) is 0 Å². The van der Waals surface area contributed by atoms with Gasteiger partial charge in [-0.25, -0.2) is 4.70 Å². The molecule has 1 aliphatic heterocycles. The van der Waals surface area contributed by atoms with Crippen LogP contribution in [0.4, 0.5) is 0 Å². The number of aryl methyl sites for hydroxylation is 2. The third-order valence-corrected chi connectivity index (χ3v) is 16.9. The van der Waals surface area contributed by atoms with E-state index in [4.69, 9.17) is 0 Å². The number of rotatable bonds is 54. The first kappa shape index (κ1) is 70.0. The Morgan fingerprint density at radius 3 is 0.908 bits per heavy atom. The van der Waals surface area contributed by atoms with Crippen molar-refractivity contribution in [3.8, 4) is 0 Å². The van der Waals surface area contributed by atoms with Crippen LogP contribution in [0.3, 0.4) is 0 Å². The molecule has 0 unspecified atom stereocenters. The molecule has 3 rings (SSSR count). The molecule has 0 fully saturated rings. The van der Waals surface area contributed by atoms with E-state index < -0.39 is 0 Å². The van der Waals surface area contributed by atoms with Crippen LogP contribution in [-0.4, -0.2) is 4.70 Å². The monoisotopic (exact) mass is 1130 g/mol. The zero-order valence-electron chi connectivity index (χ0n) is 51.0. The van der Waals surface area contributed by atoms with Crippen molar-refractivity contribution in [1.82, 2.24) is 0 Å². The molecule has 436 valence electrons. The van der Waals surface area contributed by atoms with Gasteiger partial charge in [0, 0.05) is 37.1 Å². The standard InChI is InChI=1S/C73H124N2.Pd/c1-5-9-13-16-18-20-22-24-26-28-30-32-33-34-36-38-40-42-44-46-48-50-53-57-71-70(56-52-49-47-45-43-41-39-37-35-31-29-27-25-23-21-19-17-14-10-6-2)72(68-62-58-66(59-63-68)54-12-8-4)75(74)73(71)69-64-60-67(61-65-69)55-51-15-11-7-3;/h52,56,58-65H,5-51,53-55,57H2,1-4H3;. The SMILES string of the molecule is CCCCCCCCCCCCCCCCCCCCC=CC1=C(c2ccc(CCCC)cc2)[N+](=[N-])C(c2ccc(CCCCCC)cc2)=C1CCCCCCCCCCCCCCCCCCCCCCCCC.[Pd]. The van der Waals surface area contributed by atoms with Gasteiger partial charge in [0.05, 0.1) is 5.57 Å². The number of hydrogen-bond acceptors (Lipinski definition) is 0. The van der Waals surface area contributed by atoms with E-state index in [1.54, 1.807) is 4.70 Å². The van der Waals surface area contributed by atoms with Crippen LogP contribution < -0.4 is 0 Å². The van der Waals surface area contributed by atoms with Crippen LogP contribution in [0.5, 0.6) is 0 Å². The summed E-state index contributed by atoms with van der Waals surface area (Å²) in [4.78, 5) is 0. The van der Waals surface area contributed by atoms with Crippen LogP contribution in [0.1, 0.15) is 365 Å². The van der Waals surface area contributed by atoms with Crippen molar-refractivity contribution < 1.29 is 25.1 Å². The summed E-state index contributed by atoms with van der Waals surface area (Å²) >= 11 is 0. The van der Waals surface area contributed by atoms with Gasteiger partial charge in [-0.1, -0.05) is 340 Å². The minimum absolute atomic E-state index is 0. The summed E-state index contributed by atoms with van der Waals surface area (Å²) in [5, 5.41) is 0. The number of benzene rings is 2. The maximum atomic E-state index is 12.4. The molecular weight excluding hydrogens is 1010 g/mol. The second-order valence-corrected chi connectivity index (χ2v) is 23.9. The third kappa shape index (κ3) is 34.2. The molecule has 2 nitrogen and oxygen atoms in total. The van der Waals surface area contributed by atoms with Crippen molar-refractivity contribution in [3.63, 3.8) is 0 Å². The fourth-order valence-corrected chi connectivity index (χ4v) is 11.9. The van der Waals surface area contributed by atoms with Crippen molar-refractivity contribution in [2.24, 2.45) is 0 Å². The molecule has 0 radical (unpaired) electrons. The Bertz CT molecular complexity index is 1710. The van der Waals surface area contributed by atoms with Crippen LogP contribution in [0.2, 0.25) is 0 Å². The largest absolute Gasteiger partial charge is 0.493 e. The Morgan fingerprint density at radius 2 is 0.566 bits per heavy atom. The molecule has 2 aromatic rings. The Kier molecular flexibility index (Phi) is 47.1. The van der Waals surface area contributed by atoms with Gasteiger partial charge in [0.1, 0.15) is 0 Å². The summed E-state index contributed by atoms with van der Waals surface area (Å²) < 4.78 is 1.58.